The Hall–Kier alpha value is -0.650. The van der Waals surface area contributed by atoms with E-state index in [1.54, 1.807) is 18.5 Å². The van der Waals surface area contributed by atoms with Crippen molar-refractivity contribution in [3.8, 4) is 0 Å². The maximum absolute atomic E-state index is 6.01. The second kappa shape index (κ2) is 6.68. The summed E-state index contributed by atoms with van der Waals surface area (Å²) in [5.41, 5.74) is 4.85. The molecule has 0 saturated carbocycles. The van der Waals surface area contributed by atoms with Gasteiger partial charge in [-0.3, -0.25) is 16.3 Å². The Kier molecular flexibility index (Phi) is 5.19. The minimum absolute atomic E-state index is 0.0396. The normalized spacial score (nSPS) is 12.4. The summed E-state index contributed by atoms with van der Waals surface area (Å²) in [6, 6.07) is 7.51. The summed E-state index contributed by atoms with van der Waals surface area (Å²) in [4.78, 5) is 4.14. The molecule has 0 radical (unpaired) electrons. The van der Waals surface area contributed by atoms with Gasteiger partial charge in [0.05, 0.1) is 16.1 Å². The molecule has 6 heteroatoms. The van der Waals surface area contributed by atoms with Gasteiger partial charge in [-0.1, -0.05) is 29.3 Å². The van der Waals surface area contributed by atoms with Gasteiger partial charge in [-0.15, -0.1) is 0 Å². The SMILES string of the molecule is NNC(Cc1ccc(Cl)c(Cl)c1)c1cncc(Br)c1. The van der Waals surface area contributed by atoms with Crippen molar-refractivity contribution in [1.82, 2.24) is 10.4 Å². The average Bonchev–Trinajstić information content (AvgIpc) is 2.40. The molecular formula is C13H12BrCl2N3. The van der Waals surface area contributed by atoms with Crippen molar-refractivity contribution in [2.24, 2.45) is 5.84 Å². The Balaban J connectivity index is 2.21. The van der Waals surface area contributed by atoms with Crippen LogP contribution in [0.15, 0.2) is 41.1 Å². The number of nitrogens with zero attached hydrogens (tertiary/aromatic N) is 1. The number of halogens is 3. The van der Waals surface area contributed by atoms with Gasteiger partial charge in [0.1, 0.15) is 0 Å². The number of hydrogen-bond donors (Lipinski definition) is 2. The van der Waals surface area contributed by atoms with E-state index in [2.05, 4.69) is 26.3 Å². The van der Waals surface area contributed by atoms with Crippen LogP contribution in [0.2, 0.25) is 10.0 Å². The van der Waals surface area contributed by atoms with E-state index in [0.717, 1.165) is 15.6 Å². The standard InChI is InChI=1S/C13H12BrCl2N3/c14-10-5-9(6-18-7-10)13(19-17)4-8-1-2-11(15)12(16)3-8/h1-3,5-7,13,19H,4,17H2. The van der Waals surface area contributed by atoms with Gasteiger partial charge in [-0.25, -0.2) is 0 Å². The fraction of sp³-hybridized carbons (Fsp3) is 0.154. The number of rotatable bonds is 4. The van der Waals surface area contributed by atoms with Crippen molar-refractivity contribution < 1.29 is 0 Å². The van der Waals surface area contributed by atoms with Gasteiger partial charge in [0.15, 0.2) is 0 Å². The number of hydrogen-bond acceptors (Lipinski definition) is 3. The summed E-state index contributed by atoms with van der Waals surface area (Å²) in [7, 11) is 0. The monoisotopic (exact) mass is 359 g/mol. The van der Waals surface area contributed by atoms with E-state index in [0.29, 0.717) is 16.5 Å². The average molecular weight is 361 g/mol. The lowest BCUT2D eigenvalue weighted by Crippen LogP contribution is -2.29. The van der Waals surface area contributed by atoms with Crippen LogP contribution in [-0.4, -0.2) is 4.98 Å². The summed E-state index contributed by atoms with van der Waals surface area (Å²) < 4.78 is 0.916. The zero-order valence-corrected chi connectivity index (χ0v) is 13.0. The molecule has 0 bridgehead atoms. The molecule has 0 fully saturated rings. The van der Waals surface area contributed by atoms with Crippen LogP contribution in [0.25, 0.3) is 0 Å². The zero-order chi connectivity index (χ0) is 13.8. The summed E-state index contributed by atoms with van der Waals surface area (Å²) in [5, 5.41) is 1.09. The largest absolute Gasteiger partial charge is 0.271 e. The first-order chi connectivity index (χ1) is 9.10. The molecule has 1 heterocycles. The topological polar surface area (TPSA) is 50.9 Å². The van der Waals surface area contributed by atoms with E-state index < -0.39 is 0 Å². The first kappa shape index (κ1) is 14.8. The van der Waals surface area contributed by atoms with Crippen LogP contribution in [0, 0.1) is 0 Å². The Morgan fingerprint density at radius 2 is 2.00 bits per heavy atom. The fourth-order valence-electron chi connectivity index (χ4n) is 1.79. The molecule has 19 heavy (non-hydrogen) atoms. The van der Waals surface area contributed by atoms with E-state index >= 15 is 0 Å². The van der Waals surface area contributed by atoms with Crippen LogP contribution in [0.3, 0.4) is 0 Å². The molecule has 1 aromatic carbocycles. The number of nitrogens with two attached hydrogens (primary N) is 1. The van der Waals surface area contributed by atoms with Gasteiger partial charge in [0.25, 0.3) is 0 Å². The van der Waals surface area contributed by atoms with Crippen LogP contribution in [0.5, 0.6) is 0 Å². The predicted octanol–water partition coefficient (Wildman–Crippen LogP) is 3.90. The maximum atomic E-state index is 6.01. The molecule has 2 rings (SSSR count). The van der Waals surface area contributed by atoms with Gasteiger partial charge in [-0.05, 0) is 51.7 Å². The minimum Gasteiger partial charge on any atom is -0.271 e. The first-order valence-electron chi connectivity index (χ1n) is 5.60. The number of nitrogens with one attached hydrogen (secondary N) is 1. The molecule has 0 amide bonds. The number of aromatic nitrogens is 1. The fourth-order valence-corrected chi connectivity index (χ4v) is 2.50. The molecule has 1 atom stereocenters. The van der Waals surface area contributed by atoms with Gasteiger partial charge in [0.2, 0.25) is 0 Å². The van der Waals surface area contributed by atoms with Crippen molar-refractivity contribution in [2.75, 3.05) is 0 Å². The number of pyridine rings is 1. The quantitative estimate of drug-likeness (QED) is 0.642. The third-order valence-electron chi connectivity index (χ3n) is 2.75. The van der Waals surface area contributed by atoms with Gasteiger partial charge >= 0.3 is 0 Å². The summed E-state index contributed by atoms with van der Waals surface area (Å²) in [6.45, 7) is 0. The lowest BCUT2D eigenvalue weighted by atomic mass is 10.0. The molecule has 0 aliphatic rings. The summed E-state index contributed by atoms with van der Waals surface area (Å²) in [6.07, 6.45) is 4.22. The van der Waals surface area contributed by atoms with E-state index in [1.165, 1.54) is 0 Å². The summed E-state index contributed by atoms with van der Waals surface area (Å²) >= 11 is 15.3. The number of benzene rings is 1. The molecule has 0 aliphatic carbocycles. The highest BCUT2D eigenvalue weighted by Crippen LogP contribution is 2.26. The van der Waals surface area contributed by atoms with Crippen molar-refractivity contribution in [2.45, 2.75) is 12.5 Å². The molecule has 0 saturated heterocycles. The van der Waals surface area contributed by atoms with E-state index in [9.17, 15) is 0 Å². The maximum Gasteiger partial charge on any atom is 0.0595 e. The van der Waals surface area contributed by atoms with E-state index in [4.69, 9.17) is 29.0 Å². The Labute approximate surface area is 130 Å². The van der Waals surface area contributed by atoms with Crippen LogP contribution in [0.4, 0.5) is 0 Å². The van der Waals surface area contributed by atoms with Crippen LogP contribution in [0.1, 0.15) is 17.2 Å². The first-order valence-corrected chi connectivity index (χ1v) is 7.15. The Bertz CT molecular complexity index is 578. The highest BCUT2D eigenvalue weighted by atomic mass is 79.9. The second-order valence-corrected chi connectivity index (χ2v) is 5.84. The van der Waals surface area contributed by atoms with Crippen LogP contribution < -0.4 is 11.3 Å². The van der Waals surface area contributed by atoms with Gasteiger partial charge in [0, 0.05) is 16.9 Å². The molecule has 1 unspecified atom stereocenters. The molecule has 2 aromatic rings. The number of hydrazine groups is 1. The molecular weight excluding hydrogens is 349 g/mol. The van der Waals surface area contributed by atoms with E-state index in [1.807, 2.05) is 18.2 Å². The molecule has 0 aliphatic heterocycles. The smallest absolute Gasteiger partial charge is 0.0595 e. The molecule has 100 valence electrons. The van der Waals surface area contributed by atoms with Gasteiger partial charge < -0.3 is 0 Å². The third-order valence-corrected chi connectivity index (χ3v) is 3.93. The Morgan fingerprint density at radius 3 is 2.63 bits per heavy atom. The van der Waals surface area contributed by atoms with E-state index in [-0.39, 0.29) is 6.04 Å². The second-order valence-electron chi connectivity index (χ2n) is 4.11. The molecule has 1 aromatic heterocycles. The lowest BCUT2D eigenvalue weighted by Gasteiger charge is -2.16. The van der Waals surface area contributed by atoms with Gasteiger partial charge in [-0.2, -0.15) is 0 Å². The molecule has 3 N–H and O–H groups in total. The predicted molar refractivity (Wildman–Crippen MR) is 82.2 cm³/mol. The van der Waals surface area contributed by atoms with Crippen molar-refractivity contribution in [3.05, 3.63) is 62.3 Å². The highest BCUT2D eigenvalue weighted by Gasteiger charge is 2.12. The highest BCUT2D eigenvalue weighted by molar-refractivity contribution is 9.10. The van der Waals surface area contributed by atoms with Crippen molar-refractivity contribution in [1.29, 1.82) is 0 Å². The van der Waals surface area contributed by atoms with Crippen molar-refractivity contribution in [3.63, 3.8) is 0 Å². The van der Waals surface area contributed by atoms with Crippen molar-refractivity contribution >= 4 is 39.1 Å². The third kappa shape index (κ3) is 3.91. The lowest BCUT2D eigenvalue weighted by molar-refractivity contribution is 0.550. The van der Waals surface area contributed by atoms with Crippen LogP contribution in [-0.2, 0) is 6.42 Å². The Morgan fingerprint density at radius 1 is 1.21 bits per heavy atom. The molecule has 3 nitrogen and oxygen atoms in total. The summed E-state index contributed by atoms with van der Waals surface area (Å²) in [5.74, 6) is 5.62. The zero-order valence-electron chi connectivity index (χ0n) is 9.91. The minimum atomic E-state index is -0.0396. The van der Waals surface area contributed by atoms with Crippen LogP contribution >= 0.6 is 39.1 Å². The molecule has 0 spiro atoms.